The Bertz CT molecular complexity index is 686. The monoisotopic (exact) mass is 325 g/mol. The van der Waals surface area contributed by atoms with Crippen LogP contribution in [-0.4, -0.2) is 61.0 Å². The SMILES string of the molecule is COc1ccc([C@@H]2CN(C(=O)c3ccncc3)C[C@H]2N(C)C)cc1. The summed E-state index contributed by atoms with van der Waals surface area (Å²) in [6.45, 7) is 1.45. The first-order valence-electron chi connectivity index (χ1n) is 8.10. The predicted molar refractivity (Wildman–Crippen MR) is 93.4 cm³/mol. The number of pyridine rings is 1. The number of nitrogens with zero attached hydrogens (tertiary/aromatic N) is 3. The number of likely N-dealkylation sites (N-methyl/N-ethyl adjacent to an activating group) is 1. The highest BCUT2D eigenvalue weighted by Gasteiger charge is 2.37. The number of rotatable bonds is 4. The average molecular weight is 325 g/mol. The van der Waals surface area contributed by atoms with E-state index in [2.05, 4.69) is 36.1 Å². The Labute approximate surface area is 142 Å². The molecule has 0 aliphatic carbocycles. The van der Waals surface area contributed by atoms with E-state index in [0.717, 1.165) is 18.8 Å². The molecule has 1 aromatic carbocycles. The molecule has 0 unspecified atom stereocenters. The first-order chi connectivity index (χ1) is 11.6. The van der Waals surface area contributed by atoms with Gasteiger partial charge in [-0.1, -0.05) is 12.1 Å². The van der Waals surface area contributed by atoms with Crippen molar-refractivity contribution in [1.82, 2.24) is 14.8 Å². The first kappa shape index (κ1) is 16.5. The molecular weight excluding hydrogens is 302 g/mol. The number of likely N-dealkylation sites (tertiary alicyclic amines) is 1. The fourth-order valence-electron chi connectivity index (χ4n) is 3.33. The number of ether oxygens (including phenoxy) is 1. The molecule has 0 spiro atoms. The molecule has 24 heavy (non-hydrogen) atoms. The van der Waals surface area contributed by atoms with E-state index in [1.54, 1.807) is 31.6 Å². The van der Waals surface area contributed by atoms with Crippen LogP contribution in [0.5, 0.6) is 5.75 Å². The number of methoxy groups -OCH3 is 1. The lowest BCUT2D eigenvalue weighted by atomic mass is 9.93. The van der Waals surface area contributed by atoms with Gasteiger partial charge in [-0.25, -0.2) is 0 Å². The zero-order valence-electron chi connectivity index (χ0n) is 14.3. The second-order valence-corrected chi connectivity index (χ2v) is 6.36. The molecule has 2 aromatic rings. The Balaban J connectivity index is 1.82. The third-order valence-electron chi connectivity index (χ3n) is 4.71. The molecule has 0 N–H and O–H groups in total. The number of benzene rings is 1. The maximum absolute atomic E-state index is 12.8. The zero-order chi connectivity index (χ0) is 17.1. The molecule has 1 amide bonds. The number of hydrogen-bond donors (Lipinski definition) is 0. The summed E-state index contributed by atoms with van der Waals surface area (Å²) in [4.78, 5) is 20.9. The molecule has 1 saturated heterocycles. The van der Waals surface area contributed by atoms with E-state index < -0.39 is 0 Å². The first-order valence-corrected chi connectivity index (χ1v) is 8.10. The van der Waals surface area contributed by atoms with Gasteiger partial charge in [-0.2, -0.15) is 0 Å². The van der Waals surface area contributed by atoms with Crippen LogP contribution in [0.4, 0.5) is 0 Å². The number of aromatic nitrogens is 1. The Morgan fingerprint density at radius 2 is 1.79 bits per heavy atom. The van der Waals surface area contributed by atoms with Crippen LogP contribution >= 0.6 is 0 Å². The summed E-state index contributed by atoms with van der Waals surface area (Å²) >= 11 is 0. The van der Waals surface area contributed by atoms with Gasteiger partial charge in [0.25, 0.3) is 5.91 Å². The van der Waals surface area contributed by atoms with Crippen molar-refractivity contribution < 1.29 is 9.53 Å². The Kier molecular flexibility index (Phi) is 4.81. The Morgan fingerprint density at radius 3 is 2.38 bits per heavy atom. The quantitative estimate of drug-likeness (QED) is 0.865. The van der Waals surface area contributed by atoms with Crippen molar-refractivity contribution in [3.05, 3.63) is 59.9 Å². The fourth-order valence-corrected chi connectivity index (χ4v) is 3.33. The van der Waals surface area contributed by atoms with Crippen LogP contribution < -0.4 is 4.74 Å². The van der Waals surface area contributed by atoms with E-state index in [0.29, 0.717) is 11.6 Å². The highest BCUT2D eigenvalue weighted by Crippen LogP contribution is 2.32. The molecule has 0 radical (unpaired) electrons. The van der Waals surface area contributed by atoms with Gasteiger partial charge in [-0.15, -0.1) is 0 Å². The van der Waals surface area contributed by atoms with Crippen LogP contribution in [0.25, 0.3) is 0 Å². The summed E-state index contributed by atoms with van der Waals surface area (Å²) in [5, 5.41) is 0. The molecule has 1 fully saturated rings. The van der Waals surface area contributed by atoms with Crippen LogP contribution in [0.2, 0.25) is 0 Å². The number of hydrogen-bond acceptors (Lipinski definition) is 4. The molecule has 126 valence electrons. The van der Waals surface area contributed by atoms with Crippen molar-refractivity contribution >= 4 is 5.91 Å². The van der Waals surface area contributed by atoms with Crippen molar-refractivity contribution in [3.63, 3.8) is 0 Å². The molecule has 1 aliphatic heterocycles. The minimum absolute atomic E-state index is 0.0697. The van der Waals surface area contributed by atoms with E-state index in [-0.39, 0.29) is 11.8 Å². The molecule has 0 bridgehead atoms. The van der Waals surface area contributed by atoms with Gasteiger partial charge >= 0.3 is 0 Å². The summed E-state index contributed by atoms with van der Waals surface area (Å²) in [7, 11) is 5.81. The summed E-state index contributed by atoms with van der Waals surface area (Å²) < 4.78 is 5.24. The van der Waals surface area contributed by atoms with Gasteiger partial charge in [-0.05, 0) is 43.9 Å². The normalized spacial score (nSPS) is 20.4. The second-order valence-electron chi connectivity index (χ2n) is 6.36. The molecule has 3 rings (SSSR count). The molecular formula is C19H23N3O2. The molecule has 5 nitrogen and oxygen atoms in total. The van der Waals surface area contributed by atoms with E-state index in [4.69, 9.17) is 4.74 Å². The molecule has 0 saturated carbocycles. The van der Waals surface area contributed by atoms with Gasteiger partial charge in [0.15, 0.2) is 0 Å². The lowest BCUT2D eigenvalue weighted by Crippen LogP contribution is -2.35. The van der Waals surface area contributed by atoms with Crippen LogP contribution in [0.15, 0.2) is 48.8 Å². The highest BCUT2D eigenvalue weighted by molar-refractivity contribution is 5.94. The van der Waals surface area contributed by atoms with Crippen LogP contribution in [0.1, 0.15) is 21.8 Å². The molecule has 1 aromatic heterocycles. The number of carbonyl (C=O) groups is 1. The second kappa shape index (κ2) is 7.01. The van der Waals surface area contributed by atoms with E-state index >= 15 is 0 Å². The average Bonchev–Trinajstić information content (AvgIpc) is 3.07. The predicted octanol–water partition coefficient (Wildman–Crippen LogP) is 2.26. The molecule has 5 heteroatoms. The molecule has 2 atom stereocenters. The van der Waals surface area contributed by atoms with Crippen molar-refractivity contribution in [2.24, 2.45) is 0 Å². The van der Waals surface area contributed by atoms with Crippen LogP contribution in [0, 0.1) is 0 Å². The van der Waals surface area contributed by atoms with E-state index in [9.17, 15) is 4.79 Å². The van der Waals surface area contributed by atoms with Crippen molar-refractivity contribution in [1.29, 1.82) is 0 Å². The smallest absolute Gasteiger partial charge is 0.254 e. The van der Waals surface area contributed by atoms with Gasteiger partial charge < -0.3 is 14.5 Å². The minimum atomic E-state index is 0.0697. The van der Waals surface area contributed by atoms with Gasteiger partial charge in [0.2, 0.25) is 0 Å². The minimum Gasteiger partial charge on any atom is -0.497 e. The highest BCUT2D eigenvalue weighted by atomic mass is 16.5. The topological polar surface area (TPSA) is 45.7 Å². The third kappa shape index (κ3) is 3.26. The van der Waals surface area contributed by atoms with Gasteiger partial charge in [-0.3, -0.25) is 9.78 Å². The standard InChI is InChI=1S/C19H23N3O2/c1-21(2)18-13-22(19(23)15-8-10-20-11-9-15)12-17(18)14-4-6-16(24-3)7-5-14/h4-11,17-18H,12-13H2,1-3H3/t17-,18+/m0/s1. The Hall–Kier alpha value is -2.40. The van der Waals surface area contributed by atoms with Gasteiger partial charge in [0, 0.05) is 43.0 Å². The lowest BCUT2D eigenvalue weighted by Gasteiger charge is -2.25. The molecule has 2 heterocycles. The summed E-state index contributed by atoms with van der Waals surface area (Å²) in [6, 6.07) is 12.0. The number of carbonyl (C=O) groups excluding carboxylic acids is 1. The Morgan fingerprint density at radius 1 is 1.12 bits per heavy atom. The molecule has 1 aliphatic rings. The zero-order valence-corrected chi connectivity index (χ0v) is 14.3. The van der Waals surface area contributed by atoms with Gasteiger partial charge in [0.1, 0.15) is 5.75 Å². The van der Waals surface area contributed by atoms with E-state index in [1.165, 1.54) is 5.56 Å². The largest absolute Gasteiger partial charge is 0.497 e. The summed E-state index contributed by atoms with van der Waals surface area (Å²) in [5.74, 6) is 1.21. The summed E-state index contributed by atoms with van der Waals surface area (Å²) in [5.41, 5.74) is 1.93. The van der Waals surface area contributed by atoms with Crippen LogP contribution in [-0.2, 0) is 0 Å². The maximum atomic E-state index is 12.8. The van der Waals surface area contributed by atoms with Crippen LogP contribution in [0.3, 0.4) is 0 Å². The maximum Gasteiger partial charge on any atom is 0.254 e. The van der Waals surface area contributed by atoms with Crippen molar-refractivity contribution in [3.8, 4) is 5.75 Å². The van der Waals surface area contributed by atoms with E-state index in [1.807, 2.05) is 17.0 Å². The van der Waals surface area contributed by atoms with Crippen molar-refractivity contribution in [2.75, 3.05) is 34.3 Å². The van der Waals surface area contributed by atoms with Crippen molar-refractivity contribution in [2.45, 2.75) is 12.0 Å². The lowest BCUT2D eigenvalue weighted by molar-refractivity contribution is 0.0782. The third-order valence-corrected chi connectivity index (χ3v) is 4.71. The fraction of sp³-hybridized carbons (Fsp3) is 0.368. The van der Waals surface area contributed by atoms with Gasteiger partial charge in [0.05, 0.1) is 7.11 Å². The number of amides is 1. The summed E-state index contributed by atoms with van der Waals surface area (Å²) in [6.07, 6.45) is 3.32.